The first kappa shape index (κ1) is 30.6. The number of aryl methyl sites for hydroxylation is 1. The minimum Gasteiger partial charge on any atom is -0.465 e. The number of nitrogens with zero attached hydrogens (tertiary/aromatic N) is 4. The summed E-state index contributed by atoms with van der Waals surface area (Å²) in [5, 5.41) is 14.4. The van der Waals surface area contributed by atoms with Gasteiger partial charge in [-0.05, 0) is 50.8 Å². The summed E-state index contributed by atoms with van der Waals surface area (Å²) < 4.78 is 0. The maximum absolute atomic E-state index is 13.8. The highest BCUT2D eigenvalue weighted by atomic mass is 32.1. The number of likely N-dealkylation sites (tertiary alicyclic amines) is 1. The molecule has 14 heteroatoms. The van der Waals surface area contributed by atoms with E-state index in [0.717, 1.165) is 23.5 Å². The van der Waals surface area contributed by atoms with Crippen molar-refractivity contribution in [2.75, 3.05) is 18.0 Å². The van der Waals surface area contributed by atoms with Crippen molar-refractivity contribution >= 4 is 46.9 Å². The fourth-order valence-electron chi connectivity index (χ4n) is 5.47. The van der Waals surface area contributed by atoms with E-state index in [9.17, 15) is 29.1 Å². The average molecular weight is 620 g/mol. The summed E-state index contributed by atoms with van der Waals surface area (Å²) in [6.45, 7) is 4.19. The van der Waals surface area contributed by atoms with Crippen molar-refractivity contribution in [1.29, 1.82) is 0 Å². The van der Waals surface area contributed by atoms with Gasteiger partial charge in [-0.15, -0.1) is 11.3 Å². The molecular formula is C30H33N7O6S. The third-order valence-electron chi connectivity index (χ3n) is 7.65. The molecule has 230 valence electrons. The molecule has 0 spiro atoms. The van der Waals surface area contributed by atoms with Crippen molar-refractivity contribution in [1.82, 2.24) is 31.0 Å². The number of carbonyl (C=O) groups excluding carboxylic acids is 4. The summed E-state index contributed by atoms with van der Waals surface area (Å²) in [6.07, 6.45) is 1.08. The van der Waals surface area contributed by atoms with E-state index in [0.29, 0.717) is 31.5 Å². The van der Waals surface area contributed by atoms with Crippen molar-refractivity contribution in [3.05, 3.63) is 75.4 Å². The number of benzene rings is 1. The van der Waals surface area contributed by atoms with Gasteiger partial charge in [0, 0.05) is 42.6 Å². The molecule has 2 fully saturated rings. The summed E-state index contributed by atoms with van der Waals surface area (Å²) in [5.41, 5.74) is 4.58. The lowest BCUT2D eigenvalue weighted by Gasteiger charge is -2.28. The Balaban J connectivity index is 1.38. The Hall–Kier alpha value is -4.85. The highest BCUT2D eigenvalue weighted by molar-refractivity contribution is 7.09. The minimum absolute atomic E-state index is 0.00449. The number of hydrazine groups is 1. The van der Waals surface area contributed by atoms with Crippen molar-refractivity contribution in [3.63, 3.8) is 0 Å². The normalized spacial score (nSPS) is 17.7. The quantitative estimate of drug-likeness (QED) is 0.279. The van der Waals surface area contributed by atoms with E-state index < -0.39 is 29.4 Å². The van der Waals surface area contributed by atoms with Crippen LogP contribution < -0.4 is 21.1 Å². The number of hydrogen-bond donors (Lipinski definition) is 4. The van der Waals surface area contributed by atoms with E-state index in [4.69, 9.17) is 0 Å². The van der Waals surface area contributed by atoms with Crippen LogP contribution in [0.15, 0.2) is 47.8 Å². The SMILES string of the molecule is Cc1csc([C@H]2CCCN2C(=O)c2cc(C(=O)NNC(=O)[C@@](C)(Cc3ccccc3)NC(=O)O)cc(N3CCCC3=O)n2)n1. The van der Waals surface area contributed by atoms with Gasteiger partial charge in [-0.3, -0.25) is 34.9 Å². The maximum Gasteiger partial charge on any atom is 0.405 e. The highest BCUT2D eigenvalue weighted by Gasteiger charge is 2.37. The second-order valence-corrected chi connectivity index (χ2v) is 12.0. The van der Waals surface area contributed by atoms with E-state index in [1.165, 1.54) is 35.3 Å². The molecule has 5 amide bonds. The lowest BCUT2D eigenvalue weighted by Crippen LogP contribution is -2.61. The number of anilines is 1. The molecule has 0 radical (unpaired) electrons. The van der Waals surface area contributed by atoms with Gasteiger partial charge in [-0.2, -0.15) is 0 Å². The van der Waals surface area contributed by atoms with Crippen LogP contribution in [-0.2, 0) is 16.0 Å². The molecule has 2 aliphatic rings. The van der Waals surface area contributed by atoms with Gasteiger partial charge >= 0.3 is 6.09 Å². The average Bonchev–Trinajstić information content (AvgIpc) is 3.76. The summed E-state index contributed by atoms with van der Waals surface area (Å²) in [6, 6.07) is 11.3. The Morgan fingerprint density at radius 1 is 1.07 bits per heavy atom. The fraction of sp³-hybridized carbons (Fsp3) is 0.367. The highest BCUT2D eigenvalue weighted by Crippen LogP contribution is 2.35. The zero-order chi connectivity index (χ0) is 31.4. The first-order valence-corrected chi connectivity index (χ1v) is 15.1. The number of pyridine rings is 1. The van der Waals surface area contributed by atoms with Crippen molar-refractivity contribution in [2.45, 2.75) is 57.5 Å². The van der Waals surface area contributed by atoms with Crippen LogP contribution in [0, 0.1) is 6.92 Å². The molecule has 2 aliphatic heterocycles. The predicted octanol–water partition coefficient (Wildman–Crippen LogP) is 2.98. The van der Waals surface area contributed by atoms with Gasteiger partial charge in [0.2, 0.25) is 5.91 Å². The van der Waals surface area contributed by atoms with Crippen LogP contribution in [0.1, 0.15) is 75.8 Å². The van der Waals surface area contributed by atoms with E-state index in [1.807, 2.05) is 12.3 Å². The molecule has 2 atom stereocenters. The monoisotopic (exact) mass is 619 g/mol. The van der Waals surface area contributed by atoms with Gasteiger partial charge in [0.05, 0.1) is 6.04 Å². The third-order valence-corrected chi connectivity index (χ3v) is 8.72. The minimum atomic E-state index is -1.62. The molecule has 0 saturated carbocycles. The number of aromatic nitrogens is 2. The van der Waals surface area contributed by atoms with E-state index >= 15 is 0 Å². The van der Waals surface area contributed by atoms with Crippen molar-refractivity contribution in [2.24, 2.45) is 0 Å². The zero-order valence-corrected chi connectivity index (χ0v) is 25.1. The number of rotatable bonds is 8. The first-order chi connectivity index (χ1) is 21.0. The van der Waals surface area contributed by atoms with Gasteiger partial charge in [-0.25, -0.2) is 14.8 Å². The van der Waals surface area contributed by atoms with Crippen LogP contribution in [-0.4, -0.2) is 68.3 Å². The van der Waals surface area contributed by atoms with Gasteiger partial charge in [0.1, 0.15) is 22.1 Å². The summed E-state index contributed by atoms with van der Waals surface area (Å²) in [7, 11) is 0. The largest absolute Gasteiger partial charge is 0.465 e. The lowest BCUT2D eigenvalue weighted by atomic mass is 9.92. The molecular weight excluding hydrogens is 586 g/mol. The second kappa shape index (κ2) is 12.8. The summed E-state index contributed by atoms with van der Waals surface area (Å²) in [4.78, 5) is 76.6. The van der Waals surface area contributed by atoms with Gasteiger partial charge in [0.15, 0.2) is 0 Å². The molecule has 44 heavy (non-hydrogen) atoms. The molecule has 4 N–H and O–H groups in total. The molecule has 0 bridgehead atoms. The number of carbonyl (C=O) groups is 5. The van der Waals surface area contributed by atoms with Crippen LogP contribution in [0.2, 0.25) is 0 Å². The number of hydrogen-bond acceptors (Lipinski definition) is 8. The standard InChI is InChI=1S/C30H33N7O6S/c1-18-17-44-26(31-18)22-10-6-12-36(22)27(40)21-14-20(15-23(32-21)37-13-7-11-24(37)38)25(39)34-35-28(41)30(2,33-29(42)43)16-19-8-4-3-5-9-19/h3-5,8-9,14-15,17,22,33H,6-7,10-13,16H2,1-2H3,(H,34,39)(H,35,41)(H,42,43)/t22-,30-/m1/s1. The van der Waals surface area contributed by atoms with Crippen molar-refractivity contribution < 1.29 is 29.1 Å². The lowest BCUT2D eigenvalue weighted by molar-refractivity contribution is -0.127. The Morgan fingerprint density at radius 3 is 2.50 bits per heavy atom. The van der Waals surface area contributed by atoms with Crippen molar-refractivity contribution in [3.8, 4) is 0 Å². The Kier molecular flexibility index (Phi) is 8.90. The molecule has 0 unspecified atom stereocenters. The van der Waals surface area contributed by atoms with Crippen LogP contribution in [0.5, 0.6) is 0 Å². The molecule has 4 heterocycles. The number of carboxylic acid groups (broad SMARTS) is 1. The third kappa shape index (κ3) is 6.70. The number of nitrogens with one attached hydrogen (secondary N) is 3. The van der Waals surface area contributed by atoms with Gasteiger partial charge in [0.25, 0.3) is 17.7 Å². The zero-order valence-electron chi connectivity index (χ0n) is 24.3. The maximum atomic E-state index is 13.8. The predicted molar refractivity (Wildman–Crippen MR) is 161 cm³/mol. The first-order valence-electron chi connectivity index (χ1n) is 14.3. The van der Waals surface area contributed by atoms with Crippen LogP contribution in [0.3, 0.4) is 0 Å². The summed E-state index contributed by atoms with van der Waals surface area (Å²) in [5.74, 6) is -1.97. The molecule has 0 aliphatic carbocycles. The van der Waals surface area contributed by atoms with E-state index in [2.05, 4.69) is 26.1 Å². The summed E-state index contributed by atoms with van der Waals surface area (Å²) >= 11 is 1.49. The Bertz CT molecular complexity index is 1600. The van der Waals surface area contributed by atoms with Crippen LogP contribution in [0.4, 0.5) is 10.6 Å². The van der Waals surface area contributed by atoms with Crippen LogP contribution in [0.25, 0.3) is 0 Å². The smallest absolute Gasteiger partial charge is 0.405 e. The molecule has 2 saturated heterocycles. The number of amides is 5. The Labute approximate surface area is 257 Å². The molecule has 2 aromatic heterocycles. The topological polar surface area (TPSA) is 174 Å². The van der Waals surface area contributed by atoms with Gasteiger partial charge in [-0.1, -0.05) is 30.3 Å². The van der Waals surface area contributed by atoms with Crippen LogP contribution >= 0.6 is 11.3 Å². The molecule has 5 rings (SSSR count). The van der Waals surface area contributed by atoms with E-state index in [-0.39, 0.29) is 35.4 Å². The Morgan fingerprint density at radius 2 is 1.84 bits per heavy atom. The molecule has 13 nitrogen and oxygen atoms in total. The van der Waals surface area contributed by atoms with E-state index in [1.54, 1.807) is 35.2 Å². The molecule has 1 aromatic carbocycles. The number of thiazole rings is 1. The second-order valence-electron chi connectivity index (χ2n) is 11.1. The fourth-order valence-corrected chi connectivity index (χ4v) is 6.41. The van der Waals surface area contributed by atoms with Gasteiger partial charge < -0.3 is 15.3 Å². The molecule has 3 aromatic rings.